The number of halogens is 2. The standard InChI is InChI=1S/C16H13BrClN3O2S/c1-9(22)10-3-2-4-12(7-10)19-16(24)21-20-15(23)13-8-11(17)5-6-14(13)18/h2-8H,1H3,(H,20,23)(H2,19,21,24). The van der Waals surface area contributed by atoms with Crippen molar-refractivity contribution >= 4 is 62.2 Å². The number of carbonyl (C=O) groups is 2. The van der Waals surface area contributed by atoms with Crippen LogP contribution in [0.2, 0.25) is 5.02 Å². The van der Waals surface area contributed by atoms with Gasteiger partial charge >= 0.3 is 0 Å². The van der Waals surface area contributed by atoms with E-state index in [9.17, 15) is 9.59 Å². The van der Waals surface area contributed by atoms with Crippen molar-refractivity contribution in [1.29, 1.82) is 0 Å². The fourth-order valence-electron chi connectivity index (χ4n) is 1.83. The quantitative estimate of drug-likeness (QED) is 0.394. The number of amides is 1. The number of anilines is 1. The zero-order chi connectivity index (χ0) is 17.7. The number of nitrogens with one attached hydrogen (secondary N) is 3. The highest BCUT2D eigenvalue weighted by atomic mass is 79.9. The molecule has 8 heteroatoms. The molecule has 0 aliphatic carbocycles. The summed E-state index contributed by atoms with van der Waals surface area (Å²) < 4.78 is 0.735. The lowest BCUT2D eigenvalue weighted by Gasteiger charge is -2.12. The van der Waals surface area contributed by atoms with Crippen LogP contribution >= 0.6 is 39.7 Å². The third-order valence-electron chi connectivity index (χ3n) is 2.99. The van der Waals surface area contributed by atoms with Crippen molar-refractivity contribution in [3.63, 3.8) is 0 Å². The summed E-state index contributed by atoms with van der Waals surface area (Å²) in [6.07, 6.45) is 0. The molecule has 2 aromatic carbocycles. The van der Waals surface area contributed by atoms with Crippen molar-refractivity contribution in [3.05, 3.63) is 63.1 Å². The number of hydrazine groups is 1. The van der Waals surface area contributed by atoms with Gasteiger partial charge in [0.25, 0.3) is 5.91 Å². The second kappa shape index (κ2) is 8.23. The molecule has 2 rings (SSSR count). The van der Waals surface area contributed by atoms with E-state index in [0.717, 1.165) is 4.47 Å². The molecule has 3 N–H and O–H groups in total. The van der Waals surface area contributed by atoms with E-state index in [1.165, 1.54) is 6.92 Å². The number of carbonyl (C=O) groups excluding carboxylic acids is 2. The molecule has 0 spiro atoms. The van der Waals surface area contributed by atoms with E-state index in [0.29, 0.717) is 21.8 Å². The zero-order valence-electron chi connectivity index (χ0n) is 12.5. The number of Topliss-reactive ketones (excluding diaryl/α,β-unsaturated/α-hetero) is 1. The molecule has 0 saturated heterocycles. The lowest BCUT2D eigenvalue weighted by atomic mass is 10.1. The zero-order valence-corrected chi connectivity index (χ0v) is 15.7. The molecule has 0 aromatic heterocycles. The average molecular weight is 427 g/mol. The van der Waals surface area contributed by atoms with Crippen molar-refractivity contribution in [2.24, 2.45) is 0 Å². The second-order valence-corrected chi connectivity index (χ2v) is 6.53. The lowest BCUT2D eigenvalue weighted by molar-refractivity contribution is 0.0943. The van der Waals surface area contributed by atoms with Crippen molar-refractivity contribution in [2.75, 3.05) is 5.32 Å². The largest absolute Gasteiger partial charge is 0.331 e. The summed E-state index contributed by atoms with van der Waals surface area (Å²) in [5.74, 6) is -0.474. The molecule has 124 valence electrons. The summed E-state index contributed by atoms with van der Waals surface area (Å²) in [6, 6.07) is 11.8. The maximum atomic E-state index is 12.1. The van der Waals surface area contributed by atoms with Gasteiger partial charge in [-0.05, 0) is 49.5 Å². The third kappa shape index (κ3) is 5.02. The Labute approximate surface area is 157 Å². The van der Waals surface area contributed by atoms with Gasteiger partial charge in [0.1, 0.15) is 0 Å². The van der Waals surface area contributed by atoms with E-state index in [4.69, 9.17) is 23.8 Å². The number of ketones is 1. The minimum Gasteiger partial charge on any atom is -0.331 e. The molecule has 0 saturated carbocycles. The predicted octanol–water partition coefficient (Wildman–Crippen LogP) is 3.94. The van der Waals surface area contributed by atoms with Crippen LogP contribution in [0.3, 0.4) is 0 Å². The molecule has 2 aromatic rings. The highest BCUT2D eigenvalue weighted by Gasteiger charge is 2.11. The van der Waals surface area contributed by atoms with Crippen LogP contribution in [0.5, 0.6) is 0 Å². The first-order valence-corrected chi connectivity index (χ1v) is 8.38. The summed E-state index contributed by atoms with van der Waals surface area (Å²) in [4.78, 5) is 23.5. The smallest absolute Gasteiger partial charge is 0.271 e. The first kappa shape index (κ1) is 18.4. The summed E-state index contributed by atoms with van der Waals surface area (Å²) in [7, 11) is 0. The number of hydrogen-bond acceptors (Lipinski definition) is 3. The number of thiocarbonyl (C=S) groups is 1. The monoisotopic (exact) mass is 425 g/mol. The fraction of sp³-hybridized carbons (Fsp3) is 0.0625. The lowest BCUT2D eigenvalue weighted by Crippen LogP contribution is -2.43. The SMILES string of the molecule is CC(=O)c1cccc(NC(=S)NNC(=O)c2cc(Br)ccc2Cl)c1. The molecule has 0 fully saturated rings. The highest BCUT2D eigenvalue weighted by molar-refractivity contribution is 9.10. The molecule has 0 atom stereocenters. The van der Waals surface area contributed by atoms with Crippen LogP contribution < -0.4 is 16.2 Å². The Balaban J connectivity index is 1.96. The van der Waals surface area contributed by atoms with Gasteiger partial charge in [0.05, 0.1) is 10.6 Å². The molecule has 0 radical (unpaired) electrons. The Morgan fingerprint density at radius 1 is 1.12 bits per heavy atom. The van der Waals surface area contributed by atoms with E-state index in [-0.39, 0.29) is 10.9 Å². The van der Waals surface area contributed by atoms with Gasteiger partial charge in [0, 0.05) is 15.7 Å². The van der Waals surface area contributed by atoms with Gasteiger partial charge in [-0.15, -0.1) is 0 Å². The van der Waals surface area contributed by atoms with Crippen LogP contribution in [0.1, 0.15) is 27.6 Å². The van der Waals surface area contributed by atoms with Crippen LogP contribution in [0.15, 0.2) is 46.9 Å². The molecule has 24 heavy (non-hydrogen) atoms. The maximum Gasteiger partial charge on any atom is 0.271 e. The van der Waals surface area contributed by atoms with E-state index in [1.807, 2.05) is 0 Å². The van der Waals surface area contributed by atoms with E-state index >= 15 is 0 Å². The van der Waals surface area contributed by atoms with Crippen molar-refractivity contribution in [3.8, 4) is 0 Å². The molecule has 1 amide bonds. The van der Waals surface area contributed by atoms with Crippen LogP contribution in [-0.4, -0.2) is 16.8 Å². The van der Waals surface area contributed by atoms with E-state index < -0.39 is 5.91 Å². The summed E-state index contributed by atoms with van der Waals surface area (Å²) in [5, 5.41) is 3.38. The van der Waals surface area contributed by atoms with Crippen LogP contribution in [0, 0.1) is 0 Å². The van der Waals surface area contributed by atoms with Crippen LogP contribution in [0.4, 0.5) is 5.69 Å². The van der Waals surface area contributed by atoms with Gasteiger partial charge < -0.3 is 5.32 Å². The van der Waals surface area contributed by atoms with Gasteiger partial charge in [0.2, 0.25) is 0 Å². The molecule has 0 aliphatic rings. The fourth-order valence-corrected chi connectivity index (χ4v) is 2.56. The molecule has 5 nitrogen and oxygen atoms in total. The summed E-state index contributed by atoms with van der Waals surface area (Å²) >= 11 is 14.4. The van der Waals surface area contributed by atoms with Gasteiger partial charge in [-0.2, -0.15) is 0 Å². The molecule has 0 heterocycles. The molecule has 0 bridgehead atoms. The van der Waals surface area contributed by atoms with E-state index in [1.54, 1.807) is 42.5 Å². The minimum absolute atomic E-state index is 0.0462. The number of rotatable bonds is 3. The Kier molecular flexibility index (Phi) is 6.30. The first-order chi connectivity index (χ1) is 11.4. The molecular formula is C16H13BrClN3O2S. The summed E-state index contributed by atoms with van der Waals surface area (Å²) in [5.41, 5.74) is 6.55. The van der Waals surface area contributed by atoms with Crippen LogP contribution in [0.25, 0.3) is 0 Å². The molecule has 0 aliphatic heterocycles. The van der Waals surface area contributed by atoms with Crippen molar-refractivity contribution in [2.45, 2.75) is 6.92 Å². The average Bonchev–Trinajstić information content (AvgIpc) is 2.55. The minimum atomic E-state index is -0.428. The third-order valence-corrected chi connectivity index (χ3v) is 4.02. The topological polar surface area (TPSA) is 70.2 Å². The van der Waals surface area contributed by atoms with Gasteiger partial charge in [-0.3, -0.25) is 20.4 Å². The Morgan fingerprint density at radius 2 is 1.88 bits per heavy atom. The Bertz CT molecular complexity index is 814. The Hall–Kier alpha value is -1.96. The van der Waals surface area contributed by atoms with Crippen molar-refractivity contribution in [1.82, 2.24) is 10.9 Å². The highest BCUT2D eigenvalue weighted by Crippen LogP contribution is 2.20. The second-order valence-electron chi connectivity index (χ2n) is 4.79. The van der Waals surface area contributed by atoms with E-state index in [2.05, 4.69) is 32.1 Å². The van der Waals surface area contributed by atoms with Crippen LogP contribution in [-0.2, 0) is 0 Å². The molecular weight excluding hydrogens is 414 g/mol. The summed E-state index contributed by atoms with van der Waals surface area (Å²) in [6.45, 7) is 1.48. The number of benzene rings is 2. The van der Waals surface area contributed by atoms with Gasteiger partial charge in [-0.1, -0.05) is 39.7 Å². The maximum absolute atomic E-state index is 12.1. The number of hydrogen-bond donors (Lipinski definition) is 3. The van der Waals surface area contributed by atoms with Crippen molar-refractivity contribution < 1.29 is 9.59 Å². The normalized spacial score (nSPS) is 9.96. The predicted molar refractivity (Wildman–Crippen MR) is 102 cm³/mol. The Morgan fingerprint density at radius 3 is 2.58 bits per heavy atom. The van der Waals surface area contributed by atoms with Gasteiger partial charge in [0.15, 0.2) is 10.9 Å². The van der Waals surface area contributed by atoms with Gasteiger partial charge in [-0.25, -0.2) is 0 Å². The first-order valence-electron chi connectivity index (χ1n) is 6.80. The molecule has 0 unspecified atom stereocenters.